The van der Waals surface area contributed by atoms with Crippen LogP contribution in [0.4, 0.5) is 0 Å². The second kappa shape index (κ2) is 15.7. The molecule has 3 aliphatic rings. The van der Waals surface area contributed by atoms with Gasteiger partial charge in [0.25, 0.3) is 0 Å². The molecular weight excluding hydrogens is 685 g/mol. The van der Waals surface area contributed by atoms with E-state index in [9.17, 15) is 15.0 Å². The van der Waals surface area contributed by atoms with Crippen LogP contribution in [0.2, 0.25) is 55.9 Å². The van der Waals surface area contributed by atoms with E-state index in [-0.39, 0.29) is 40.0 Å². The van der Waals surface area contributed by atoms with E-state index in [1.807, 2.05) is 19.6 Å². The summed E-state index contributed by atoms with van der Waals surface area (Å²) in [5.41, 5.74) is 2.76. The van der Waals surface area contributed by atoms with Gasteiger partial charge in [-0.15, -0.1) is 0 Å². The zero-order valence-corrected chi connectivity index (χ0v) is 38.7. The molecule has 0 aromatic carbocycles. The van der Waals surface area contributed by atoms with Crippen LogP contribution in [0.1, 0.15) is 120 Å². The summed E-state index contributed by atoms with van der Waals surface area (Å²) in [5, 5.41) is 21.5. The number of aliphatic hydroxyl groups excluding tert-OH is 1. The first-order valence-electron chi connectivity index (χ1n) is 20.0. The molecule has 51 heavy (non-hydrogen) atoms. The number of aliphatic carboxylic acids is 1. The molecule has 8 atom stereocenters. The van der Waals surface area contributed by atoms with E-state index in [2.05, 4.69) is 100 Å². The van der Waals surface area contributed by atoms with Crippen LogP contribution in [0.5, 0.6) is 0 Å². The predicted octanol–water partition coefficient (Wildman–Crippen LogP) is 11.7. The molecule has 3 rings (SSSR count). The molecule has 0 amide bonds. The lowest BCUT2D eigenvalue weighted by atomic mass is 9.60. The third-order valence-electron chi connectivity index (χ3n) is 13.7. The molecule has 9 heteroatoms. The Balaban J connectivity index is 1.85. The first-order chi connectivity index (χ1) is 22.9. The molecule has 294 valence electrons. The Morgan fingerprint density at radius 2 is 1.53 bits per heavy atom. The summed E-state index contributed by atoms with van der Waals surface area (Å²) in [5.74, 6) is 0.300. The maximum Gasteiger partial charge on any atom is 0.334 e. The molecule has 6 nitrogen and oxygen atoms in total. The fraction of sp³-hybridized carbons (Fsp3) is 0.833. The first-order valence-corrected chi connectivity index (χ1v) is 29.2. The van der Waals surface area contributed by atoms with Gasteiger partial charge in [-0.3, -0.25) is 0 Å². The number of fused-ring (bicyclic) bond motifs is 1. The molecule has 3 saturated carbocycles. The average molecular weight is 763 g/mol. The van der Waals surface area contributed by atoms with Gasteiger partial charge in [-0.25, -0.2) is 4.79 Å². The largest absolute Gasteiger partial charge is 0.479 e. The molecule has 0 radical (unpaired) electrons. The predicted molar refractivity (Wildman–Crippen MR) is 222 cm³/mol. The quantitative estimate of drug-likeness (QED) is 0.182. The number of carboxylic acids is 1. The Labute approximate surface area is 316 Å². The van der Waals surface area contributed by atoms with E-state index >= 15 is 0 Å². The highest BCUT2D eigenvalue weighted by molar-refractivity contribution is 6.74. The third-order valence-corrected chi connectivity index (χ3v) is 23.8. The molecular formula is C42H78O6Si3. The van der Waals surface area contributed by atoms with Gasteiger partial charge in [0, 0.05) is 12.8 Å². The highest BCUT2D eigenvalue weighted by Crippen LogP contribution is 2.60. The SMILES string of the molecule is C=C1C(=CC=C2CCC[C@]3(C)[C@@H]([C@H](C)C[C@H](O)C[C@](C)(O[Si](C)(C)C)C(=O)O)CC[C@@H]23)C[C@H](O[Si](C)(C)C(C)(C)C)C[C@H]1O[Si](C)(C)C(C)(C)C. The van der Waals surface area contributed by atoms with Gasteiger partial charge in [0.2, 0.25) is 0 Å². The Morgan fingerprint density at radius 1 is 0.961 bits per heavy atom. The van der Waals surface area contributed by atoms with Crippen molar-refractivity contribution in [3.8, 4) is 0 Å². The van der Waals surface area contributed by atoms with Crippen LogP contribution in [0.25, 0.3) is 0 Å². The first kappa shape index (κ1) is 44.6. The lowest BCUT2D eigenvalue weighted by Gasteiger charge is -2.46. The molecule has 0 aromatic heterocycles. The van der Waals surface area contributed by atoms with E-state index in [4.69, 9.17) is 13.3 Å². The van der Waals surface area contributed by atoms with Gasteiger partial charge in [0.15, 0.2) is 30.6 Å². The number of aliphatic hydroxyl groups is 1. The van der Waals surface area contributed by atoms with E-state index in [0.717, 1.165) is 37.7 Å². The van der Waals surface area contributed by atoms with Gasteiger partial charge in [-0.1, -0.05) is 79.7 Å². The molecule has 0 saturated heterocycles. The van der Waals surface area contributed by atoms with Crippen molar-refractivity contribution in [3.05, 3.63) is 35.5 Å². The minimum atomic E-state index is -2.12. The third kappa shape index (κ3) is 10.7. The molecule has 2 N–H and O–H groups in total. The van der Waals surface area contributed by atoms with Crippen molar-refractivity contribution in [1.82, 2.24) is 0 Å². The standard InChI is InChI=1S/C42H78O6Si3/c1-29(25-33(43)28-42(10,38(44)45)48-49(11,12)13)35-22-23-36-31(19-18-24-41(35,36)9)20-21-32-26-34(46-50(14,15)39(3,4)5)27-37(30(32)2)47-51(16,17)40(6,7)8/h20-21,29,33-37,43H,2,18-19,22-28H2,1,3-17H3,(H,44,45)/t29-,33+,34+,35-,36+,37-,41-,42+/m1/s1. The van der Waals surface area contributed by atoms with Crippen molar-refractivity contribution < 1.29 is 28.3 Å². The van der Waals surface area contributed by atoms with E-state index in [1.165, 1.54) is 18.4 Å². The summed E-state index contributed by atoms with van der Waals surface area (Å²) >= 11 is 0. The van der Waals surface area contributed by atoms with Crippen LogP contribution in [0.3, 0.4) is 0 Å². The van der Waals surface area contributed by atoms with Crippen LogP contribution >= 0.6 is 0 Å². The van der Waals surface area contributed by atoms with Gasteiger partial charge < -0.3 is 23.5 Å². The summed E-state index contributed by atoms with van der Waals surface area (Å²) in [6.07, 6.45) is 12.4. The topological polar surface area (TPSA) is 85.2 Å². The molecule has 0 aliphatic heterocycles. The zero-order chi connectivity index (χ0) is 39.2. The fourth-order valence-electron chi connectivity index (χ4n) is 8.95. The summed E-state index contributed by atoms with van der Waals surface area (Å²) in [4.78, 5) is 12.2. The highest BCUT2D eigenvalue weighted by atomic mass is 28.4. The van der Waals surface area contributed by atoms with Crippen molar-refractivity contribution in [3.63, 3.8) is 0 Å². The number of allylic oxidation sites excluding steroid dienone is 3. The summed E-state index contributed by atoms with van der Waals surface area (Å²) < 4.78 is 20.3. The number of carboxylic acid groups (broad SMARTS) is 1. The van der Waals surface area contributed by atoms with Gasteiger partial charge in [-0.05, 0) is 142 Å². The van der Waals surface area contributed by atoms with E-state index < -0.39 is 42.6 Å². The Morgan fingerprint density at radius 3 is 2.06 bits per heavy atom. The van der Waals surface area contributed by atoms with Gasteiger partial charge in [0.1, 0.15) is 0 Å². The Bertz CT molecular complexity index is 1310. The number of rotatable bonds is 13. The Kier molecular flexibility index (Phi) is 13.8. The van der Waals surface area contributed by atoms with Crippen LogP contribution < -0.4 is 0 Å². The van der Waals surface area contributed by atoms with Crippen LogP contribution in [-0.2, 0) is 18.1 Å². The van der Waals surface area contributed by atoms with E-state index in [1.54, 1.807) is 12.5 Å². The highest BCUT2D eigenvalue weighted by Gasteiger charge is 2.51. The molecule has 0 heterocycles. The van der Waals surface area contributed by atoms with Crippen molar-refractivity contribution in [2.24, 2.45) is 23.2 Å². The lowest BCUT2D eigenvalue weighted by molar-refractivity contribution is -0.157. The molecule has 3 aliphatic carbocycles. The minimum absolute atomic E-state index is 0.0297. The zero-order valence-electron chi connectivity index (χ0n) is 35.7. The lowest BCUT2D eigenvalue weighted by Crippen LogP contribution is -2.49. The molecule has 0 spiro atoms. The second-order valence-electron chi connectivity index (χ2n) is 21.2. The second-order valence-corrected chi connectivity index (χ2v) is 35.1. The van der Waals surface area contributed by atoms with Crippen molar-refractivity contribution >= 4 is 30.9 Å². The molecule has 0 unspecified atom stereocenters. The van der Waals surface area contributed by atoms with Gasteiger partial charge in [-0.2, -0.15) is 0 Å². The maximum absolute atomic E-state index is 12.2. The number of hydrogen-bond acceptors (Lipinski definition) is 5. The minimum Gasteiger partial charge on any atom is -0.479 e. The monoisotopic (exact) mass is 763 g/mol. The molecule has 0 bridgehead atoms. The van der Waals surface area contributed by atoms with Gasteiger partial charge >= 0.3 is 5.97 Å². The molecule has 3 fully saturated rings. The van der Waals surface area contributed by atoms with Crippen molar-refractivity contribution in [1.29, 1.82) is 0 Å². The van der Waals surface area contributed by atoms with E-state index in [0.29, 0.717) is 18.3 Å². The summed E-state index contributed by atoms with van der Waals surface area (Å²) in [6.45, 7) is 40.3. The normalized spacial score (nSPS) is 31.0. The average Bonchev–Trinajstić information content (AvgIpc) is 3.28. The number of carbonyl (C=O) groups is 1. The van der Waals surface area contributed by atoms with Crippen molar-refractivity contribution in [2.75, 3.05) is 0 Å². The summed E-state index contributed by atoms with van der Waals surface area (Å²) in [7, 11) is -6.13. The fourth-order valence-corrected chi connectivity index (χ4v) is 13.1. The number of hydrogen-bond donors (Lipinski definition) is 2. The maximum atomic E-state index is 12.2. The van der Waals surface area contributed by atoms with Crippen molar-refractivity contribution in [2.45, 2.75) is 200 Å². The van der Waals surface area contributed by atoms with Crippen LogP contribution in [0, 0.1) is 23.2 Å². The Hall–Kier alpha value is -0.819. The van der Waals surface area contributed by atoms with Crippen LogP contribution in [-0.4, -0.2) is 65.0 Å². The smallest absolute Gasteiger partial charge is 0.334 e. The van der Waals surface area contributed by atoms with Gasteiger partial charge in [0.05, 0.1) is 18.3 Å². The summed E-state index contributed by atoms with van der Waals surface area (Å²) in [6, 6.07) is 0. The van der Waals surface area contributed by atoms with Crippen LogP contribution in [0.15, 0.2) is 35.5 Å². The molecule has 0 aromatic rings.